The molecule has 0 saturated heterocycles. The van der Waals surface area contributed by atoms with Crippen molar-refractivity contribution >= 4 is 46.9 Å². The first-order chi connectivity index (χ1) is 24.5. The quantitative estimate of drug-likeness (QED) is 0.227. The molecule has 284 valence electrons. The van der Waals surface area contributed by atoms with Gasteiger partial charge in [0.25, 0.3) is 0 Å². The van der Waals surface area contributed by atoms with Crippen molar-refractivity contribution in [3.05, 3.63) is 58.7 Å². The fourth-order valence-electron chi connectivity index (χ4n) is 6.26. The van der Waals surface area contributed by atoms with Crippen LogP contribution in [-0.4, -0.2) is 70.2 Å². The van der Waals surface area contributed by atoms with E-state index < -0.39 is 82.0 Å². The van der Waals surface area contributed by atoms with Gasteiger partial charge in [-0.05, 0) is 103 Å². The van der Waals surface area contributed by atoms with Gasteiger partial charge in [0.2, 0.25) is 0 Å². The SMILES string of the molecule is CC(C)C[C@H](NC(=O)OC(C)(C)C)C(=O)C1C(=O)c2ccc(Oc3ccc4c(c3)C(=O)C(C(=O)[C@H](CC(C)C)NC(=O)OC(C)(C)C)C4=O)cc2C1=O. The normalized spacial score (nSPS) is 18.0. The lowest BCUT2D eigenvalue weighted by atomic mass is 9.89. The zero-order valence-corrected chi connectivity index (χ0v) is 31.8. The highest BCUT2D eigenvalue weighted by atomic mass is 16.6. The zero-order valence-electron chi connectivity index (χ0n) is 31.8. The number of rotatable bonds is 12. The lowest BCUT2D eigenvalue weighted by Gasteiger charge is -2.25. The van der Waals surface area contributed by atoms with Gasteiger partial charge in [0.1, 0.15) is 34.5 Å². The fourth-order valence-corrected chi connectivity index (χ4v) is 6.26. The average Bonchev–Trinajstić information content (AvgIpc) is 3.40. The molecule has 4 rings (SSSR count). The van der Waals surface area contributed by atoms with Crippen LogP contribution in [0.15, 0.2) is 36.4 Å². The predicted octanol–water partition coefficient (Wildman–Crippen LogP) is 6.49. The molecule has 2 aromatic carbocycles. The van der Waals surface area contributed by atoms with Gasteiger partial charge in [-0.25, -0.2) is 9.59 Å². The number of carbonyl (C=O) groups is 8. The minimum Gasteiger partial charge on any atom is -0.457 e. The Morgan fingerprint density at radius 3 is 1.19 bits per heavy atom. The third kappa shape index (κ3) is 9.62. The van der Waals surface area contributed by atoms with Crippen molar-refractivity contribution in [2.75, 3.05) is 0 Å². The number of alkyl carbamates (subject to hydrolysis) is 2. The number of carbonyl (C=O) groups excluding carboxylic acids is 8. The van der Waals surface area contributed by atoms with Crippen LogP contribution >= 0.6 is 0 Å². The Bertz CT molecular complexity index is 1730. The number of nitrogens with one attached hydrogen (secondary N) is 2. The lowest BCUT2D eigenvalue weighted by Crippen LogP contribution is -2.48. The van der Waals surface area contributed by atoms with Gasteiger partial charge in [0, 0.05) is 22.3 Å². The summed E-state index contributed by atoms with van der Waals surface area (Å²) in [6.45, 7) is 17.4. The molecule has 0 bridgehead atoms. The maximum Gasteiger partial charge on any atom is 0.408 e. The van der Waals surface area contributed by atoms with Gasteiger partial charge in [-0.3, -0.25) is 28.8 Å². The van der Waals surface area contributed by atoms with Crippen LogP contribution in [0.2, 0.25) is 0 Å². The van der Waals surface area contributed by atoms with Crippen LogP contribution < -0.4 is 15.4 Å². The Hall–Kier alpha value is -5.20. The standard InChI is InChI=1S/C40H48N2O11/c1-19(2)15-27(41-37(49)52-39(5,6)7)35(47)29-31(43)23-13-11-21(17-25(23)33(29)45)51-22-12-14-24-26(18-22)34(46)30(32(24)44)36(48)28(16-20(3)4)42-38(50)53-40(8,9)10/h11-14,17-20,27-30H,15-16H2,1-10H3,(H,41,49)(H,42,50)/t27-,28-,29?,30?/m0/s1. The third-order valence-electron chi connectivity index (χ3n) is 8.38. The second-order valence-corrected chi connectivity index (χ2v) is 16.3. The van der Waals surface area contributed by atoms with Crippen molar-refractivity contribution in [3.8, 4) is 11.5 Å². The van der Waals surface area contributed by atoms with Crippen LogP contribution in [0.1, 0.15) is 124 Å². The van der Waals surface area contributed by atoms with Crippen molar-refractivity contribution in [1.82, 2.24) is 10.6 Å². The summed E-state index contributed by atoms with van der Waals surface area (Å²) in [6.07, 6.45) is -1.35. The maximum absolute atomic E-state index is 13.6. The average molecular weight is 733 g/mol. The van der Waals surface area contributed by atoms with E-state index in [9.17, 15) is 38.4 Å². The molecule has 0 aliphatic heterocycles. The summed E-state index contributed by atoms with van der Waals surface area (Å²) in [5, 5.41) is 5.05. The first-order valence-electron chi connectivity index (χ1n) is 17.7. The number of benzene rings is 2. The Kier molecular flexibility index (Phi) is 11.8. The summed E-state index contributed by atoms with van der Waals surface area (Å²) >= 11 is 0. The van der Waals surface area contributed by atoms with E-state index in [1.807, 2.05) is 27.7 Å². The number of fused-ring (bicyclic) bond motifs is 2. The number of amides is 2. The molecular formula is C40H48N2O11. The monoisotopic (exact) mass is 732 g/mol. The van der Waals surface area contributed by atoms with E-state index in [1.165, 1.54) is 36.4 Å². The summed E-state index contributed by atoms with van der Waals surface area (Å²) in [7, 11) is 0. The van der Waals surface area contributed by atoms with Gasteiger partial charge in [-0.2, -0.15) is 0 Å². The highest BCUT2D eigenvalue weighted by Crippen LogP contribution is 2.36. The smallest absolute Gasteiger partial charge is 0.408 e. The van der Waals surface area contributed by atoms with E-state index in [0.717, 1.165) is 0 Å². The van der Waals surface area contributed by atoms with Crippen LogP contribution in [-0.2, 0) is 19.1 Å². The molecule has 2 amide bonds. The Labute approximate surface area is 308 Å². The molecule has 0 radical (unpaired) electrons. The summed E-state index contributed by atoms with van der Waals surface area (Å²) < 4.78 is 16.5. The minimum absolute atomic E-state index is 0.0216. The molecular weight excluding hydrogens is 684 g/mol. The molecule has 0 fully saturated rings. The highest BCUT2D eigenvalue weighted by molar-refractivity contribution is 6.37. The number of ether oxygens (including phenoxy) is 3. The van der Waals surface area contributed by atoms with E-state index in [1.54, 1.807) is 41.5 Å². The summed E-state index contributed by atoms with van der Waals surface area (Å²) in [6, 6.07) is 5.90. The summed E-state index contributed by atoms with van der Waals surface area (Å²) in [5.41, 5.74) is -1.71. The summed E-state index contributed by atoms with van der Waals surface area (Å²) in [5.74, 6) is -7.63. The fraction of sp³-hybridized carbons (Fsp3) is 0.500. The van der Waals surface area contributed by atoms with Gasteiger partial charge < -0.3 is 24.8 Å². The van der Waals surface area contributed by atoms with E-state index in [4.69, 9.17) is 14.2 Å². The van der Waals surface area contributed by atoms with Gasteiger partial charge in [0.15, 0.2) is 34.7 Å². The summed E-state index contributed by atoms with van der Waals surface area (Å²) in [4.78, 5) is 106. The molecule has 0 heterocycles. The molecule has 2 N–H and O–H groups in total. The van der Waals surface area contributed by atoms with E-state index in [-0.39, 0.29) is 58.4 Å². The molecule has 4 atom stereocenters. The molecule has 2 aliphatic carbocycles. The van der Waals surface area contributed by atoms with Crippen LogP contribution in [0.4, 0.5) is 9.59 Å². The highest BCUT2D eigenvalue weighted by Gasteiger charge is 2.48. The van der Waals surface area contributed by atoms with Crippen molar-refractivity contribution in [2.24, 2.45) is 23.7 Å². The van der Waals surface area contributed by atoms with E-state index in [2.05, 4.69) is 10.6 Å². The molecule has 0 spiro atoms. The zero-order chi connectivity index (χ0) is 39.7. The van der Waals surface area contributed by atoms with Gasteiger partial charge in [0.05, 0.1) is 12.1 Å². The number of Topliss-reactive ketones (excluding diaryl/α,β-unsaturated/α-hetero) is 6. The largest absolute Gasteiger partial charge is 0.457 e. The molecule has 53 heavy (non-hydrogen) atoms. The second kappa shape index (κ2) is 15.4. The first-order valence-corrected chi connectivity index (χ1v) is 17.7. The van der Waals surface area contributed by atoms with Crippen molar-refractivity contribution in [3.63, 3.8) is 0 Å². The van der Waals surface area contributed by atoms with Crippen molar-refractivity contribution < 1.29 is 52.6 Å². The second-order valence-electron chi connectivity index (χ2n) is 16.3. The Morgan fingerprint density at radius 2 is 0.887 bits per heavy atom. The molecule has 0 saturated carbocycles. The molecule has 2 aromatic rings. The molecule has 2 aliphatic rings. The molecule has 0 aromatic heterocycles. The van der Waals surface area contributed by atoms with Gasteiger partial charge >= 0.3 is 12.2 Å². The van der Waals surface area contributed by atoms with E-state index >= 15 is 0 Å². The molecule has 2 unspecified atom stereocenters. The van der Waals surface area contributed by atoms with Gasteiger partial charge in [-0.15, -0.1) is 0 Å². The van der Waals surface area contributed by atoms with Crippen LogP contribution in [0.5, 0.6) is 11.5 Å². The number of ketones is 6. The van der Waals surface area contributed by atoms with Gasteiger partial charge in [-0.1, -0.05) is 27.7 Å². The minimum atomic E-state index is -1.67. The number of hydrogen-bond acceptors (Lipinski definition) is 11. The lowest BCUT2D eigenvalue weighted by molar-refractivity contribution is -0.123. The predicted molar refractivity (Wildman–Crippen MR) is 192 cm³/mol. The molecule has 13 nitrogen and oxygen atoms in total. The van der Waals surface area contributed by atoms with Crippen molar-refractivity contribution in [2.45, 2.75) is 105 Å². The first kappa shape index (κ1) is 40.6. The Balaban J connectivity index is 1.53. The van der Waals surface area contributed by atoms with Crippen LogP contribution in [0.25, 0.3) is 0 Å². The van der Waals surface area contributed by atoms with E-state index in [0.29, 0.717) is 0 Å². The topological polar surface area (TPSA) is 188 Å². The molecule has 13 heteroatoms. The maximum atomic E-state index is 13.6. The third-order valence-corrected chi connectivity index (χ3v) is 8.38. The van der Waals surface area contributed by atoms with Crippen molar-refractivity contribution in [1.29, 1.82) is 0 Å². The van der Waals surface area contributed by atoms with Crippen LogP contribution in [0, 0.1) is 23.7 Å². The van der Waals surface area contributed by atoms with Crippen LogP contribution in [0.3, 0.4) is 0 Å². The Morgan fingerprint density at radius 1 is 0.566 bits per heavy atom. The number of hydrogen-bond donors (Lipinski definition) is 2.